The molecule has 1 fully saturated rings. The van der Waals surface area contributed by atoms with Crippen molar-refractivity contribution in [2.75, 3.05) is 25.4 Å². The molecule has 1 aliphatic heterocycles. The molecule has 1 heterocycles. The molecule has 0 amide bonds. The summed E-state index contributed by atoms with van der Waals surface area (Å²) in [6.07, 6.45) is 5.25. The van der Waals surface area contributed by atoms with Crippen LogP contribution in [0.1, 0.15) is 31.7 Å². The van der Waals surface area contributed by atoms with Gasteiger partial charge in [0.2, 0.25) is 0 Å². The first-order chi connectivity index (χ1) is 8.28. The number of nitrogens with zero attached hydrogens (tertiary/aromatic N) is 1. The molecular formula is C15H24N2. The lowest BCUT2D eigenvalue weighted by molar-refractivity contribution is 0.324. The van der Waals surface area contributed by atoms with Crippen LogP contribution in [0.2, 0.25) is 0 Å². The van der Waals surface area contributed by atoms with Gasteiger partial charge in [-0.05, 0) is 49.4 Å². The van der Waals surface area contributed by atoms with Crippen LogP contribution >= 0.6 is 0 Å². The summed E-state index contributed by atoms with van der Waals surface area (Å²) in [5.74, 6) is 0.945. The summed E-state index contributed by atoms with van der Waals surface area (Å²) >= 11 is 0. The van der Waals surface area contributed by atoms with Crippen LogP contribution < -0.4 is 5.73 Å². The Labute approximate surface area is 105 Å². The molecule has 2 rings (SSSR count). The van der Waals surface area contributed by atoms with Gasteiger partial charge in [0.15, 0.2) is 0 Å². The second-order valence-electron chi connectivity index (χ2n) is 5.24. The molecule has 1 aromatic rings. The lowest BCUT2D eigenvalue weighted by Crippen LogP contribution is -2.23. The Balaban J connectivity index is 1.76. The molecule has 0 bridgehead atoms. The molecule has 1 atom stereocenters. The van der Waals surface area contributed by atoms with Crippen LogP contribution in [0.5, 0.6) is 0 Å². The molecule has 2 N–H and O–H groups in total. The fourth-order valence-electron chi connectivity index (χ4n) is 2.80. The van der Waals surface area contributed by atoms with Gasteiger partial charge in [-0.3, -0.25) is 0 Å². The van der Waals surface area contributed by atoms with Gasteiger partial charge in [-0.15, -0.1) is 0 Å². The average Bonchev–Trinajstić information content (AvgIpc) is 2.75. The molecule has 0 radical (unpaired) electrons. The number of anilines is 1. The molecule has 0 aromatic heterocycles. The maximum atomic E-state index is 5.79. The summed E-state index contributed by atoms with van der Waals surface area (Å²) in [4.78, 5) is 2.60. The van der Waals surface area contributed by atoms with Crippen LogP contribution in [0.3, 0.4) is 0 Å². The number of likely N-dealkylation sites (tertiary alicyclic amines) is 1. The Bertz CT molecular complexity index is 349. The van der Waals surface area contributed by atoms with Gasteiger partial charge in [-0.25, -0.2) is 0 Å². The fourth-order valence-corrected chi connectivity index (χ4v) is 2.80. The standard InChI is InChI=1S/C15H24N2/c1-2-4-14-8-10-17(12-14)9-7-13-5-3-6-15(16)11-13/h3,5-6,11,14H,2,4,7-10,12,16H2,1H3. The maximum absolute atomic E-state index is 5.79. The summed E-state index contributed by atoms with van der Waals surface area (Å²) in [7, 11) is 0. The third-order valence-corrected chi connectivity index (χ3v) is 3.73. The maximum Gasteiger partial charge on any atom is 0.0316 e. The zero-order valence-electron chi connectivity index (χ0n) is 10.9. The predicted octanol–water partition coefficient (Wildman–Crippen LogP) is 2.93. The summed E-state index contributed by atoms with van der Waals surface area (Å²) in [6.45, 7) is 6.06. The van der Waals surface area contributed by atoms with Gasteiger partial charge < -0.3 is 10.6 Å². The molecule has 2 heteroatoms. The van der Waals surface area contributed by atoms with Crippen molar-refractivity contribution >= 4 is 5.69 Å². The van der Waals surface area contributed by atoms with Crippen molar-refractivity contribution in [3.8, 4) is 0 Å². The average molecular weight is 232 g/mol. The summed E-state index contributed by atoms with van der Waals surface area (Å²) < 4.78 is 0. The number of benzene rings is 1. The molecule has 94 valence electrons. The molecule has 0 saturated carbocycles. The van der Waals surface area contributed by atoms with Crippen LogP contribution in [-0.2, 0) is 6.42 Å². The Morgan fingerprint density at radius 1 is 1.41 bits per heavy atom. The van der Waals surface area contributed by atoms with E-state index in [9.17, 15) is 0 Å². The van der Waals surface area contributed by atoms with Crippen molar-refractivity contribution in [3.63, 3.8) is 0 Å². The minimum atomic E-state index is 0.882. The van der Waals surface area contributed by atoms with E-state index >= 15 is 0 Å². The number of nitrogen functional groups attached to an aromatic ring is 1. The quantitative estimate of drug-likeness (QED) is 0.791. The normalized spacial score (nSPS) is 20.9. The zero-order valence-corrected chi connectivity index (χ0v) is 10.9. The van der Waals surface area contributed by atoms with Crippen LogP contribution in [0.4, 0.5) is 5.69 Å². The highest BCUT2D eigenvalue weighted by Crippen LogP contribution is 2.21. The monoisotopic (exact) mass is 232 g/mol. The smallest absolute Gasteiger partial charge is 0.0316 e. The molecule has 1 aliphatic rings. The van der Waals surface area contributed by atoms with Crippen molar-refractivity contribution in [1.29, 1.82) is 0 Å². The Morgan fingerprint density at radius 3 is 3.06 bits per heavy atom. The van der Waals surface area contributed by atoms with E-state index in [1.165, 1.54) is 44.5 Å². The molecule has 17 heavy (non-hydrogen) atoms. The van der Waals surface area contributed by atoms with E-state index in [-0.39, 0.29) is 0 Å². The van der Waals surface area contributed by atoms with Crippen molar-refractivity contribution in [2.24, 2.45) is 5.92 Å². The molecule has 1 unspecified atom stereocenters. The van der Waals surface area contributed by atoms with Crippen molar-refractivity contribution in [2.45, 2.75) is 32.6 Å². The molecule has 0 aliphatic carbocycles. The van der Waals surface area contributed by atoms with Gasteiger partial charge in [0.1, 0.15) is 0 Å². The Kier molecular flexibility index (Phi) is 4.43. The Hall–Kier alpha value is -1.02. The number of rotatable bonds is 5. The van der Waals surface area contributed by atoms with E-state index in [1.807, 2.05) is 6.07 Å². The minimum absolute atomic E-state index is 0.882. The second-order valence-corrected chi connectivity index (χ2v) is 5.24. The fraction of sp³-hybridized carbons (Fsp3) is 0.600. The number of hydrogen-bond acceptors (Lipinski definition) is 2. The highest BCUT2D eigenvalue weighted by atomic mass is 15.1. The van der Waals surface area contributed by atoms with Gasteiger partial charge in [0.25, 0.3) is 0 Å². The van der Waals surface area contributed by atoms with Crippen LogP contribution in [-0.4, -0.2) is 24.5 Å². The lowest BCUT2D eigenvalue weighted by Gasteiger charge is -2.15. The third kappa shape index (κ3) is 3.74. The van der Waals surface area contributed by atoms with E-state index in [2.05, 4.69) is 30.0 Å². The van der Waals surface area contributed by atoms with Gasteiger partial charge in [0.05, 0.1) is 0 Å². The van der Waals surface area contributed by atoms with E-state index in [0.29, 0.717) is 0 Å². The van der Waals surface area contributed by atoms with Gasteiger partial charge in [0, 0.05) is 18.8 Å². The first kappa shape index (κ1) is 12.4. The van der Waals surface area contributed by atoms with Crippen LogP contribution in [0.25, 0.3) is 0 Å². The van der Waals surface area contributed by atoms with Gasteiger partial charge >= 0.3 is 0 Å². The second kappa shape index (κ2) is 6.06. The molecular weight excluding hydrogens is 208 g/mol. The van der Waals surface area contributed by atoms with Gasteiger partial charge in [-0.2, -0.15) is 0 Å². The van der Waals surface area contributed by atoms with Crippen LogP contribution in [0.15, 0.2) is 24.3 Å². The topological polar surface area (TPSA) is 29.3 Å². The molecule has 1 aromatic carbocycles. The highest BCUT2D eigenvalue weighted by Gasteiger charge is 2.20. The zero-order chi connectivity index (χ0) is 12.1. The SMILES string of the molecule is CCCC1CCN(CCc2cccc(N)c2)C1. The molecule has 0 spiro atoms. The van der Waals surface area contributed by atoms with Crippen molar-refractivity contribution in [1.82, 2.24) is 4.90 Å². The van der Waals surface area contributed by atoms with Gasteiger partial charge in [-0.1, -0.05) is 25.5 Å². The van der Waals surface area contributed by atoms with E-state index < -0.39 is 0 Å². The summed E-state index contributed by atoms with van der Waals surface area (Å²) in [6, 6.07) is 8.28. The van der Waals surface area contributed by atoms with Crippen molar-refractivity contribution < 1.29 is 0 Å². The molecule has 1 saturated heterocycles. The van der Waals surface area contributed by atoms with E-state index in [1.54, 1.807) is 0 Å². The first-order valence-corrected chi connectivity index (χ1v) is 6.84. The third-order valence-electron chi connectivity index (χ3n) is 3.73. The Morgan fingerprint density at radius 2 is 2.29 bits per heavy atom. The number of nitrogens with two attached hydrogens (primary N) is 1. The van der Waals surface area contributed by atoms with E-state index in [0.717, 1.165) is 18.0 Å². The summed E-state index contributed by atoms with van der Waals surface area (Å²) in [5, 5.41) is 0. The van der Waals surface area contributed by atoms with E-state index in [4.69, 9.17) is 5.73 Å². The minimum Gasteiger partial charge on any atom is -0.399 e. The lowest BCUT2D eigenvalue weighted by atomic mass is 10.0. The van der Waals surface area contributed by atoms with Crippen molar-refractivity contribution in [3.05, 3.63) is 29.8 Å². The summed E-state index contributed by atoms with van der Waals surface area (Å²) in [5.41, 5.74) is 8.04. The highest BCUT2D eigenvalue weighted by molar-refractivity contribution is 5.40. The number of hydrogen-bond donors (Lipinski definition) is 1. The first-order valence-electron chi connectivity index (χ1n) is 6.84. The molecule has 2 nitrogen and oxygen atoms in total. The largest absolute Gasteiger partial charge is 0.399 e. The van der Waals surface area contributed by atoms with Crippen LogP contribution in [0, 0.1) is 5.92 Å². The predicted molar refractivity (Wildman–Crippen MR) is 74.0 cm³/mol.